The number of nitrogens with one attached hydrogen (secondary N) is 1. The Kier molecular flexibility index (Phi) is 4.88. The zero-order chi connectivity index (χ0) is 14.5. The van der Waals surface area contributed by atoms with Gasteiger partial charge >= 0.3 is 0 Å². The quantitative estimate of drug-likeness (QED) is 0.889. The maximum absolute atomic E-state index is 12.2. The standard InChI is InChI=1S/C16H23NO3/c1-11-6-3-4-7-12(11)10-17-16(19)13-8-5-9-14(20-2)15(13)18/h5,8-9,11-12,18H,3-4,6-7,10H2,1-2H3,(H,17,19). The molecule has 0 radical (unpaired) electrons. The van der Waals surface area contributed by atoms with Gasteiger partial charge in [-0.05, 0) is 30.4 Å². The van der Waals surface area contributed by atoms with E-state index in [4.69, 9.17) is 4.74 Å². The van der Waals surface area contributed by atoms with Crippen LogP contribution in [0.5, 0.6) is 11.5 Å². The van der Waals surface area contributed by atoms with Gasteiger partial charge < -0.3 is 15.2 Å². The van der Waals surface area contributed by atoms with Crippen molar-refractivity contribution >= 4 is 5.91 Å². The van der Waals surface area contributed by atoms with Gasteiger partial charge in [-0.2, -0.15) is 0 Å². The fourth-order valence-corrected chi connectivity index (χ4v) is 2.89. The summed E-state index contributed by atoms with van der Waals surface area (Å²) in [6.07, 6.45) is 4.95. The molecule has 4 heteroatoms. The highest BCUT2D eigenvalue weighted by atomic mass is 16.5. The van der Waals surface area contributed by atoms with Gasteiger partial charge in [-0.25, -0.2) is 0 Å². The molecule has 0 bridgehead atoms. The maximum atomic E-state index is 12.2. The molecule has 0 aliphatic heterocycles. The molecule has 110 valence electrons. The molecule has 1 fully saturated rings. The second kappa shape index (κ2) is 6.64. The van der Waals surface area contributed by atoms with Gasteiger partial charge in [0.2, 0.25) is 0 Å². The number of carbonyl (C=O) groups excluding carboxylic acids is 1. The molecule has 0 spiro atoms. The SMILES string of the molecule is COc1cccc(C(=O)NCC2CCCCC2C)c1O. The Hall–Kier alpha value is -1.71. The smallest absolute Gasteiger partial charge is 0.255 e. The van der Waals surface area contributed by atoms with Crippen LogP contribution in [0.2, 0.25) is 0 Å². The van der Waals surface area contributed by atoms with Gasteiger partial charge in [0.25, 0.3) is 5.91 Å². The molecule has 20 heavy (non-hydrogen) atoms. The summed E-state index contributed by atoms with van der Waals surface area (Å²) in [4.78, 5) is 12.2. The van der Waals surface area contributed by atoms with Crippen LogP contribution in [0.4, 0.5) is 0 Å². The first-order chi connectivity index (χ1) is 9.63. The maximum Gasteiger partial charge on any atom is 0.255 e. The normalized spacial score (nSPS) is 22.3. The van der Waals surface area contributed by atoms with Crippen LogP contribution in [0.25, 0.3) is 0 Å². The number of carbonyl (C=O) groups is 1. The summed E-state index contributed by atoms with van der Waals surface area (Å²) in [6.45, 7) is 2.93. The zero-order valence-corrected chi connectivity index (χ0v) is 12.2. The second-order valence-corrected chi connectivity index (χ2v) is 5.59. The molecule has 1 saturated carbocycles. The van der Waals surface area contributed by atoms with Crippen molar-refractivity contribution in [2.75, 3.05) is 13.7 Å². The highest BCUT2D eigenvalue weighted by Gasteiger charge is 2.22. The van der Waals surface area contributed by atoms with Crippen molar-refractivity contribution in [1.29, 1.82) is 0 Å². The highest BCUT2D eigenvalue weighted by molar-refractivity contribution is 5.97. The average molecular weight is 277 g/mol. The molecule has 2 rings (SSSR count). The Labute approximate surface area is 120 Å². The van der Waals surface area contributed by atoms with E-state index in [1.165, 1.54) is 32.8 Å². The van der Waals surface area contributed by atoms with Crippen LogP contribution in [-0.2, 0) is 0 Å². The number of methoxy groups -OCH3 is 1. The number of phenolic OH excluding ortho intramolecular Hbond substituents is 1. The number of hydrogen-bond donors (Lipinski definition) is 2. The van der Waals surface area contributed by atoms with Gasteiger partial charge in [0, 0.05) is 6.54 Å². The highest BCUT2D eigenvalue weighted by Crippen LogP contribution is 2.30. The van der Waals surface area contributed by atoms with E-state index in [1.807, 2.05) is 0 Å². The van der Waals surface area contributed by atoms with E-state index >= 15 is 0 Å². The van der Waals surface area contributed by atoms with E-state index in [-0.39, 0.29) is 17.2 Å². The lowest BCUT2D eigenvalue weighted by atomic mass is 9.80. The molecule has 1 amide bonds. The van der Waals surface area contributed by atoms with Gasteiger partial charge in [0.05, 0.1) is 12.7 Å². The molecule has 2 unspecified atom stereocenters. The number of phenols is 1. The summed E-state index contributed by atoms with van der Waals surface area (Å²) in [5, 5.41) is 12.9. The average Bonchev–Trinajstić information content (AvgIpc) is 2.46. The van der Waals surface area contributed by atoms with Crippen molar-refractivity contribution in [3.63, 3.8) is 0 Å². The first-order valence-electron chi connectivity index (χ1n) is 7.27. The summed E-state index contributed by atoms with van der Waals surface area (Å²) in [5.74, 6) is 1.19. The molecule has 2 N–H and O–H groups in total. The molecular formula is C16H23NO3. The van der Waals surface area contributed by atoms with Crippen molar-refractivity contribution in [3.05, 3.63) is 23.8 Å². The molecule has 1 aromatic rings. The number of amides is 1. The Morgan fingerprint density at radius 2 is 2.15 bits per heavy atom. The minimum Gasteiger partial charge on any atom is -0.504 e. The predicted octanol–water partition coefficient (Wildman–Crippen LogP) is 2.96. The van der Waals surface area contributed by atoms with Crippen LogP contribution in [0, 0.1) is 11.8 Å². The number of aromatic hydroxyl groups is 1. The van der Waals surface area contributed by atoms with Crippen molar-refractivity contribution < 1.29 is 14.6 Å². The van der Waals surface area contributed by atoms with Crippen molar-refractivity contribution in [3.8, 4) is 11.5 Å². The van der Waals surface area contributed by atoms with E-state index in [1.54, 1.807) is 18.2 Å². The number of ether oxygens (including phenoxy) is 1. The molecule has 1 aromatic carbocycles. The fraction of sp³-hybridized carbons (Fsp3) is 0.562. The van der Waals surface area contributed by atoms with E-state index in [0.29, 0.717) is 24.1 Å². The zero-order valence-electron chi connectivity index (χ0n) is 12.2. The van der Waals surface area contributed by atoms with Gasteiger partial charge in [0.15, 0.2) is 11.5 Å². The van der Waals surface area contributed by atoms with Crippen LogP contribution in [0.15, 0.2) is 18.2 Å². The van der Waals surface area contributed by atoms with E-state index < -0.39 is 0 Å². The van der Waals surface area contributed by atoms with Gasteiger partial charge in [-0.3, -0.25) is 4.79 Å². The largest absolute Gasteiger partial charge is 0.504 e. The van der Waals surface area contributed by atoms with Crippen LogP contribution < -0.4 is 10.1 Å². The van der Waals surface area contributed by atoms with Crippen LogP contribution >= 0.6 is 0 Å². The van der Waals surface area contributed by atoms with Crippen molar-refractivity contribution in [2.45, 2.75) is 32.6 Å². The summed E-state index contributed by atoms with van der Waals surface area (Å²) >= 11 is 0. The lowest BCUT2D eigenvalue weighted by Crippen LogP contribution is -2.33. The Morgan fingerprint density at radius 3 is 2.85 bits per heavy atom. The Morgan fingerprint density at radius 1 is 1.40 bits per heavy atom. The molecule has 4 nitrogen and oxygen atoms in total. The van der Waals surface area contributed by atoms with Crippen LogP contribution in [0.1, 0.15) is 43.0 Å². The molecule has 2 atom stereocenters. The van der Waals surface area contributed by atoms with Gasteiger partial charge in [-0.15, -0.1) is 0 Å². The second-order valence-electron chi connectivity index (χ2n) is 5.59. The molecule has 1 aliphatic rings. The first kappa shape index (κ1) is 14.7. The predicted molar refractivity (Wildman–Crippen MR) is 78.1 cm³/mol. The molecule has 0 heterocycles. The first-order valence-corrected chi connectivity index (χ1v) is 7.27. The number of para-hydroxylation sites is 1. The van der Waals surface area contributed by atoms with Gasteiger partial charge in [-0.1, -0.05) is 32.3 Å². The lowest BCUT2D eigenvalue weighted by Gasteiger charge is -2.28. The van der Waals surface area contributed by atoms with Crippen LogP contribution in [0.3, 0.4) is 0 Å². The summed E-state index contributed by atoms with van der Waals surface area (Å²) < 4.78 is 5.02. The minimum atomic E-state index is -0.237. The minimum absolute atomic E-state index is 0.0933. The number of rotatable bonds is 4. The molecule has 1 aliphatic carbocycles. The topological polar surface area (TPSA) is 58.6 Å². The van der Waals surface area contributed by atoms with E-state index in [0.717, 1.165) is 0 Å². The summed E-state index contributed by atoms with van der Waals surface area (Å²) in [6, 6.07) is 4.95. The van der Waals surface area contributed by atoms with Crippen molar-refractivity contribution in [1.82, 2.24) is 5.32 Å². The molecule has 0 saturated heterocycles. The third-order valence-corrected chi connectivity index (χ3v) is 4.28. The summed E-state index contributed by atoms with van der Waals surface area (Å²) in [7, 11) is 1.47. The molecular weight excluding hydrogens is 254 g/mol. The van der Waals surface area contributed by atoms with Gasteiger partial charge in [0.1, 0.15) is 0 Å². The third-order valence-electron chi connectivity index (χ3n) is 4.28. The van der Waals surface area contributed by atoms with Crippen molar-refractivity contribution in [2.24, 2.45) is 11.8 Å². The van der Waals surface area contributed by atoms with Crippen LogP contribution in [-0.4, -0.2) is 24.7 Å². The Balaban J connectivity index is 1.98. The fourth-order valence-electron chi connectivity index (χ4n) is 2.89. The third kappa shape index (κ3) is 3.24. The summed E-state index contributed by atoms with van der Waals surface area (Å²) in [5.41, 5.74) is 0.271. The Bertz CT molecular complexity index is 473. The lowest BCUT2D eigenvalue weighted by molar-refractivity contribution is 0.0933. The molecule has 0 aromatic heterocycles. The number of benzene rings is 1. The monoisotopic (exact) mass is 277 g/mol. The van der Waals surface area contributed by atoms with E-state index in [9.17, 15) is 9.90 Å². The van der Waals surface area contributed by atoms with E-state index in [2.05, 4.69) is 12.2 Å². The number of hydrogen-bond acceptors (Lipinski definition) is 3.